The summed E-state index contributed by atoms with van der Waals surface area (Å²) in [4.78, 5) is 20.7. The van der Waals surface area contributed by atoms with Crippen molar-refractivity contribution in [2.45, 2.75) is 20.3 Å². The second-order valence-corrected chi connectivity index (χ2v) is 6.86. The van der Waals surface area contributed by atoms with Gasteiger partial charge in [0.2, 0.25) is 5.91 Å². The van der Waals surface area contributed by atoms with Crippen molar-refractivity contribution in [1.29, 1.82) is 0 Å². The third kappa shape index (κ3) is 4.06. The minimum atomic E-state index is 0.0397. The largest absolute Gasteiger partial charge is 0.326 e. The summed E-state index contributed by atoms with van der Waals surface area (Å²) in [6.45, 7) is 4.07. The topological polar surface area (TPSA) is 54.9 Å². The summed E-state index contributed by atoms with van der Waals surface area (Å²) >= 11 is 1.60. The molecule has 0 saturated heterocycles. The molecule has 0 radical (unpaired) electrons. The van der Waals surface area contributed by atoms with Crippen LogP contribution in [0.2, 0.25) is 0 Å². The van der Waals surface area contributed by atoms with E-state index in [1.54, 1.807) is 23.7 Å². The van der Waals surface area contributed by atoms with E-state index in [0.717, 1.165) is 27.5 Å². The number of nitrogens with one attached hydrogen (secondary N) is 1. The second-order valence-electron chi connectivity index (χ2n) is 6.00. The molecular weight excluding hydrogens is 318 g/mol. The summed E-state index contributed by atoms with van der Waals surface area (Å²) < 4.78 is 0. The van der Waals surface area contributed by atoms with Crippen LogP contribution in [0.15, 0.2) is 54.2 Å². The van der Waals surface area contributed by atoms with E-state index in [0.29, 0.717) is 12.3 Å². The van der Waals surface area contributed by atoms with Gasteiger partial charge in [-0.05, 0) is 30.2 Å². The highest BCUT2D eigenvalue weighted by molar-refractivity contribution is 7.13. The SMILES string of the molecule is CC(C)CC(=O)Nc1cccc(-c2csc(-c3ccncc3)n2)c1. The number of pyridine rings is 1. The Morgan fingerprint density at radius 3 is 2.71 bits per heavy atom. The number of nitrogens with zero attached hydrogens (tertiary/aromatic N) is 2. The molecule has 1 N–H and O–H groups in total. The summed E-state index contributed by atoms with van der Waals surface area (Å²) in [6, 6.07) is 11.7. The normalized spacial score (nSPS) is 10.8. The first kappa shape index (κ1) is 16.3. The number of anilines is 1. The first-order valence-electron chi connectivity index (χ1n) is 7.88. The molecular formula is C19H19N3OS. The number of hydrogen-bond donors (Lipinski definition) is 1. The fraction of sp³-hybridized carbons (Fsp3) is 0.211. The Morgan fingerprint density at radius 1 is 1.17 bits per heavy atom. The average molecular weight is 337 g/mol. The Balaban J connectivity index is 1.79. The van der Waals surface area contributed by atoms with Crippen LogP contribution >= 0.6 is 11.3 Å². The van der Waals surface area contributed by atoms with Crippen LogP contribution in [-0.4, -0.2) is 15.9 Å². The Hall–Kier alpha value is -2.53. The zero-order chi connectivity index (χ0) is 16.9. The zero-order valence-corrected chi connectivity index (χ0v) is 14.5. The highest BCUT2D eigenvalue weighted by atomic mass is 32.1. The van der Waals surface area contributed by atoms with Crippen LogP contribution in [-0.2, 0) is 4.79 Å². The zero-order valence-electron chi connectivity index (χ0n) is 13.7. The van der Waals surface area contributed by atoms with E-state index in [-0.39, 0.29) is 5.91 Å². The van der Waals surface area contributed by atoms with Gasteiger partial charge in [0.05, 0.1) is 5.69 Å². The van der Waals surface area contributed by atoms with E-state index in [4.69, 9.17) is 4.98 Å². The van der Waals surface area contributed by atoms with Crippen molar-refractivity contribution in [1.82, 2.24) is 9.97 Å². The van der Waals surface area contributed by atoms with Crippen LogP contribution in [0, 0.1) is 5.92 Å². The van der Waals surface area contributed by atoms with Gasteiger partial charge in [-0.2, -0.15) is 0 Å². The molecule has 0 atom stereocenters. The van der Waals surface area contributed by atoms with Gasteiger partial charge in [0, 0.05) is 41.0 Å². The van der Waals surface area contributed by atoms with Crippen LogP contribution in [0.3, 0.4) is 0 Å². The fourth-order valence-corrected chi connectivity index (χ4v) is 3.21. The molecule has 0 bridgehead atoms. The van der Waals surface area contributed by atoms with E-state index < -0.39 is 0 Å². The summed E-state index contributed by atoms with van der Waals surface area (Å²) in [5, 5.41) is 5.94. The molecule has 122 valence electrons. The number of benzene rings is 1. The van der Waals surface area contributed by atoms with Crippen molar-refractivity contribution in [3.63, 3.8) is 0 Å². The van der Waals surface area contributed by atoms with Gasteiger partial charge in [0.25, 0.3) is 0 Å². The van der Waals surface area contributed by atoms with Gasteiger partial charge in [-0.25, -0.2) is 4.98 Å². The molecule has 3 aromatic rings. The maximum atomic E-state index is 11.9. The molecule has 1 amide bonds. The van der Waals surface area contributed by atoms with E-state index >= 15 is 0 Å². The van der Waals surface area contributed by atoms with E-state index in [1.807, 2.05) is 55.6 Å². The van der Waals surface area contributed by atoms with E-state index in [1.165, 1.54) is 0 Å². The summed E-state index contributed by atoms with van der Waals surface area (Å²) in [7, 11) is 0. The molecule has 24 heavy (non-hydrogen) atoms. The third-order valence-corrected chi connectivity index (χ3v) is 4.36. The predicted molar refractivity (Wildman–Crippen MR) is 98.9 cm³/mol. The number of aromatic nitrogens is 2. The van der Waals surface area contributed by atoms with Gasteiger partial charge in [0.15, 0.2) is 0 Å². The van der Waals surface area contributed by atoms with Crippen molar-refractivity contribution in [3.8, 4) is 21.8 Å². The first-order chi connectivity index (χ1) is 11.6. The minimum Gasteiger partial charge on any atom is -0.326 e. The van der Waals surface area contributed by atoms with Gasteiger partial charge in [0.1, 0.15) is 5.01 Å². The Labute approximate surface area is 145 Å². The number of amides is 1. The second kappa shape index (κ2) is 7.36. The standard InChI is InChI=1S/C19H19N3OS/c1-13(2)10-18(23)21-16-5-3-4-15(11-16)17-12-24-19(22-17)14-6-8-20-9-7-14/h3-9,11-13H,10H2,1-2H3,(H,21,23). The summed E-state index contributed by atoms with van der Waals surface area (Å²) in [6.07, 6.45) is 4.05. The van der Waals surface area contributed by atoms with Gasteiger partial charge in [-0.1, -0.05) is 26.0 Å². The maximum absolute atomic E-state index is 11.9. The lowest BCUT2D eigenvalue weighted by Crippen LogP contribution is -2.13. The lowest BCUT2D eigenvalue weighted by molar-refractivity contribution is -0.116. The molecule has 0 aliphatic rings. The smallest absolute Gasteiger partial charge is 0.224 e. The van der Waals surface area contributed by atoms with Crippen molar-refractivity contribution < 1.29 is 4.79 Å². The Kier molecular flexibility index (Phi) is 5.01. The maximum Gasteiger partial charge on any atom is 0.224 e. The summed E-state index contributed by atoms with van der Waals surface area (Å²) in [5.41, 5.74) is 3.76. The molecule has 2 heterocycles. The third-order valence-electron chi connectivity index (χ3n) is 3.47. The van der Waals surface area contributed by atoms with Gasteiger partial charge in [-0.15, -0.1) is 11.3 Å². The first-order valence-corrected chi connectivity index (χ1v) is 8.76. The van der Waals surface area contributed by atoms with Gasteiger partial charge in [-0.3, -0.25) is 9.78 Å². The van der Waals surface area contributed by atoms with Crippen molar-refractivity contribution in [2.75, 3.05) is 5.32 Å². The molecule has 2 aromatic heterocycles. The predicted octanol–water partition coefficient (Wildman–Crippen LogP) is 4.86. The van der Waals surface area contributed by atoms with Crippen LogP contribution in [0.4, 0.5) is 5.69 Å². The molecule has 0 aliphatic carbocycles. The number of rotatable bonds is 5. The Morgan fingerprint density at radius 2 is 1.96 bits per heavy atom. The highest BCUT2D eigenvalue weighted by Crippen LogP contribution is 2.29. The van der Waals surface area contributed by atoms with E-state index in [2.05, 4.69) is 10.3 Å². The van der Waals surface area contributed by atoms with Gasteiger partial charge >= 0.3 is 0 Å². The van der Waals surface area contributed by atoms with Crippen molar-refractivity contribution in [3.05, 3.63) is 54.2 Å². The molecule has 3 rings (SSSR count). The molecule has 0 fully saturated rings. The molecule has 0 unspecified atom stereocenters. The molecule has 1 aromatic carbocycles. The molecule has 0 spiro atoms. The lowest BCUT2D eigenvalue weighted by Gasteiger charge is -2.08. The van der Waals surface area contributed by atoms with Gasteiger partial charge < -0.3 is 5.32 Å². The summed E-state index contributed by atoms with van der Waals surface area (Å²) in [5.74, 6) is 0.382. The number of hydrogen-bond acceptors (Lipinski definition) is 4. The van der Waals surface area contributed by atoms with Crippen LogP contribution in [0.25, 0.3) is 21.8 Å². The molecule has 0 saturated carbocycles. The van der Waals surface area contributed by atoms with Crippen molar-refractivity contribution >= 4 is 22.9 Å². The van der Waals surface area contributed by atoms with Crippen LogP contribution in [0.5, 0.6) is 0 Å². The highest BCUT2D eigenvalue weighted by Gasteiger charge is 2.09. The molecule has 4 nitrogen and oxygen atoms in total. The monoisotopic (exact) mass is 337 g/mol. The number of carbonyl (C=O) groups excluding carboxylic acids is 1. The van der Waals surface area contributed by atoms with Crippen LogP contribution in [0.1, 0.15) is 20.3 Å². The fourth-order valence-electron chi connectivity index (χ4n) is 2.37. The molecule has 5 heteroatoms. The van der Waals surface area contributed by atoms with E-state index in [9.17, 15) is 4.79 Å². The van der Waals surface area contributed by atoms with Crippen LogP contribution < -0.4 is 5.32 Å². The number of thiazole rings is 1. The minimum absolute atomic E-state index is 0.0397. The quantitative estimate of drug-likeness (QED) is 0.723. The molecule has 0 aliphatic heterocycles. The Bertz CT molecular complexity index is 827. The lowest BCUT2D eigenvalue weighted by atomic mass is 10.1. The van der Waals surface area contributed by atoms with Crippen molar-refractivity contribution in [2.24, 2.45) is 5.92 Å². The number of carbonyl (C=O) groups is 1. The average Bonchev–Trinajstić information content (AvgIpc) is 3.05.